The van der Waals surface area contributed by atoms with E-state index in [0.29, 0.717) is 11.8 Å². The molecular formula is C10H7NO2. The molecule has 2 aromatic heterocycles. The van der Waals surface area contributed by atoms with Crippen LogP contribution in [-0.4, -0.2) is 16.5 Å². The van der Waals surface area contributed by atoms with E-state index in [-0.39, 0.29) is 0 Å². The Kier molecular flexibility index (Phi) is 1.70. The van der Waals surface area contributed by atoms with Gasteiger partial charge < -0.3 is 4.40 Å². The summed E-state index contributed by atoms with van der Waals surface area (Å²) in [6.45, 7) is 0. The SMILES string of the molecule is O=CC(=O)c1ccn2ccccc12. The lowest BCUT2D eigenvalue weighted by molar-refractivity contribution is -0.104. The summed E-state index contributed by atoms with van der Waals surface area (Å²) in [4.78, 5) is 21.4. The Bertz CT molecular complexity index is 470. The molecule has 0 bridgehead atoms. The number of rotatable bonds is 2. The third-order valence-electron chi connectivity index (χ3n) is 1.94. The number of pyridine rings is 1. The molecule has 0 aromatic carbocycles. The van der Waals surface area contributed by atoms with Crippen LogP contribution < -0.4 is 0 Å². The average molecular weight is 173 g/mol. The Morgan fingerprint density at radius 2 is 2.08 bits per heavy atom. The summed E-state index contributed by atoms with van der Waals surface area (Å²) in [5.74, 6) is -0.478. The highest BCUT2D eigenvalue weighted by atomic mass is 16.2. The number of aromatic nitrogens is 1. The van der Waals surface area contributed by atoms with Gasteiger partial charge in [-0.05, 0) is 18.2 Å². The van der Waals surface area contributed by atoms with Crippen LogP contribution in [0.5, 0.6) is 0 Å². The Labute approximate surface area is 74.6 Å². The maximum atomic E-state index is 11.1. The van der Waals surface area contributed by atoms with Crippen molar-refractivity contribution in [1.29, 1.82) is 0 Å². The van der Waals surface area contributed by atoms with Gasteiger partial charge in [0.05, 0.1) is 11.1 Å². The Balaban J connectivity index is 2.71. The smallest absolute Gasteiger partial charge is 0.227 e. The predicted molar refractivity (Wildman–Crippen MR) is 47.8 cm³/mol. The van der Waals surface area contributed by atoms with Gasteiger partial charge in [-0.3, -0.25) is 9.59 Å². The van der Waals surface area contributed by atoms with Gasteiger partial charge in [-0.1, -0.05) is 6.07 Å². The zero-order valence-electron chi connectivity index (χ0n) is 6.81. The number of nitrogens with zero attached hydrogens (tertiary/aromatic N) is 1. The van der Waals surface area contributed by atoms with Gasteiger partial charge in [-0.15, -0.1) is 0 Å². The summed E-state index contributed by atoms with van der Waals surface area (Å²) in [6, 6.07) is 7.14. The van der Waals surface area contributed by atoms with Crippen LogP contribution >= 0.6 is 0 Å². The fourth-order valence-corrected chi connectivity index (χ4v) is 1.33. The molecule has 0 saturated carbocycles. The monoisotopic (exact) mass is 173 g/mol. The third kappa shape index (κ3) is 1.14. The van der Waals surface area contributed by atoms with Gasteiger partial charge in [0.25, 0.3) is 0 Å². The fraction of sp³-hybridized carbons (Fsp3) is 0. The van der Waals surface area contributed by atoms with Gasteiger partial charge in [0.2, 0.25) is 5.78 Å². The number of carbonyl (C=O) groups excluding carboxylic acids is 2. The molecule has 3 heteroatoms. The van der Waals surface area contributed by atoms with Crippen LogP contribution in [0.4, 0.5) is 0 Å². The molecule has 0 saturated heterocycles. The molecule has 0 radical (unpaired) electrons. The van der Waals surface area contributed by atoms with E-state index < -0.39 is 5.78 Å². The lowest BCUT2D eigenvalue weighted by Gasteiger charge is -1.93. The second kappa shape index (κ2) is 2.86. The van der Waals surface area contributed by atoms with Crippen molar-refractivity contribution in [2.75, 3.05) is 0 Å². The zero-order chi connectivity index (χ0) is 9.26. The van der Waals surface area contributed by atoms with Crippen LogP contribution in [0, 0.1) is 0 Å². The first-order valence-corrected chi connectivity index (χ1v) is 3.88. The topological polar surface area (TPSA) is 38.5 Å². The van der Waals surface area contributed by atoms with Crippen LogP contribution in [-0.2, 0) is 4.79 Å². The first-order valence-electron chi connectivity index (χ1n) is 3.88. The second-order valence-corrected chi connectivity index (χ2v) is 2.70. The van der Waals surface area contributed by atoms with Crippen molar-refractivity contribution in [3.63, 3.8) is 0 Å². The quantitative estimate of drug-likeness (QED) is 0.390. The maximum Gasteiger partial charge on any atom is 0.227 e. The molecule has 3 nitrogen and oxygen atoms in total. The molecule has 2 aromatic rings. The van der Waals surface area contributed by atoms with E-state index in [0.717, 1.165) is 5.52 Å². The van der Waals surface area contributed by atoms with E-state index in [1.807, 2.05) is 18.3 Å². The van der Waals surface area contributed by atoms with Gasteiger partial charge >= 0.3 is 0 Å². The molecule has 0 aliphatic rings. The second-order valence-electron chi connectivity index (χ2n) is 2.70. The van der Waals surface area contributed by atoms with Gasteiger partial charge in [0.1, 0.15) is 0 Å². The van der Waals surface area contributed by atoms with E-state index >= 15 is 0 Å². The summed E-state index contributed by atoms with van der Waals surface area (Å²) in [5.41, 5.74) is 1.22. The van der Waals surface area contributed by atoms with E-state index in [4.69, 9.17) is 0 Å². The molecule has 0 atom stereocenters. The minimum absolute atomic E-state index is 0.336. The molecule has 0 spiro atoms. The first kappa shape index (κ1) is 7.73. The number of Topliss-reactive ketones (excluding diaryl/α,β-unsaturated/α-hetero) is 1. The largest absolute Gasteiger partial charge is 0.323 e. The van der Waals surface area contributed by atoms with Crippen LogP contribution in [0.25, 0.3) is 5.52 Å². The summed E-state index contributed by atoms with van der Waals surface area (Å²) < 4.78 is 1.80. The highest BCUT2D eigenvalue weighted by Gasteiger charge is 2.08. The number of ketones is 1. The van der Waals surface area contributed by atoms with Gasteiger partial charge in [0.15, 0.2) is 6.29 Å². The summed E-state index contributed by atoms with van der Waals surface area (Å²) in [7, 11) is 0. The molecule has 64 valence electrons. The van der Waals surface area contributed by atoms with Crippen molar-refractivity contribution < 1.29 is 9.59 Å². The minimum atomic E-state index is -0.478. The number of hydrogen-bond acceptors (Lipinski definition) is 2. The number of carbonyl (C=O) groups is 2. The lowest BCUT2D eigenvalue weighted by atomic mass is 10.2. The Morgan fingerprint density at radius 3 is 2.85 bits per heavy atom. The molecule has 2 heterocycles. The van der Waals surface area contributed by atoms with E-state index in [2.05, 4.69) is 0 Å². The van der Waals surface area contributed by atoms with Gasteiger partial charge in [-0.25, -0.2) is 0 Å². The molecule has 13 heavy (non-hydrogen) atoms. The van der Waals surface area contributed by atoms with Crippen molar-refractivity contribution in [1.82, 2.24) is 4.40 Å². The van der Waals surface area contributed by atoms with Crippen LogP contribution in [0.2, 0.25) is 0 Å². The highest BCUT2D eigenvalue weighted by Crippen LogP contribution is 2.11. The van der Waals surface area contributed by atoms with E-state index in [1.165, 1.54) is 0 Å². The predicted octanol–water partition coefficient (Wildman–Crippen LogP) is 1.32. The number of aldehydes is 1. The standard InChI is InChI=1S/C10H7NO2/c12-7-10(13)8-4-6-11-5-2-1-3-9(8)11/h1-7H. The van der Waals surface area contributed by atoms with E-state index in [9.17, 15) is 9.59 Å². The van der Waals surface area contributed by atoms with Crippen molar-refractivity contribution in [2.24, 2.45) is 0 Å². The molecule has 0 aliphatic heterocycles. The highest BCUT2D eigenvalue weighted by molar-refractivity contribution is 6.35. The van der Waals surface area contributed by atoms with Gasteiger partial charge in [0, 0.05) is 12.4 Å². The zero-order valence-corrected chi connectivity index (χ0v) is 6.81. The molecule has 0 N–H and O–H groups in total. The number of hydrogen-bond donors (Lipinski definition) is 0. The summed E-state index contributed by atoms with van der Waals surface area (Å²) in [5, 5.41) is 0. The Hall–Kier alpha value is -1.90. The van der Waals surface area contributed by atoms with Crippen LogP contribution in [0.1, 0.15) is 10.4 Å². The molecule has 0 amide bonds. The van der Waals surface area contributed by atoms with Crippen molar-refractivity contribution in [3.8, 4) is 0 Å². The third-order valence-corrected chi connectivity index (χ3v) is 1.94. The van der Waals surface area contributed by atoms with E-state index in [1.54, 1.807) is 22.7 Å². The minimum Gasteiger partial charge on any atom is -0.323 e. The first-order chi connectivity index (χ1) is 6.33. The van der Waals surface area contributed by atoms with Crippen LogP contribution in [0.3, 0.4) is 0 Å². The lowest BCUT2D eigenvalue weighted by Crippen LogP contribution is -1.98. The summed E-state index contributed by atoms with van der Waals surface area (Å²) >= 11 is 0. The van der Waals surface area contributed by atoms with Crippen molar-refractivity contribution in [2.45, 2.75) is 0 Å². The maximum absolute atomic E-state index is 11.1. The molecule has 2 rings (SSSR count). The van der Waals surface area contributed by atoms with Crippen LogP contribution in [0.15, 0.2) is 36.7 Å². The van der Waals surface area contributed by atoms with Crippen molar-refractivity contribution >= 4 is 17.6 Å². The molecule has 0 unspecified atom stereocenters. The number of fused-ring (bicyclic) bond motifs is 1. The Morgan fingerprint density at radius 1 is 1.23 bits per heavy atom. The normalized spacial score (nSPS) is 10.2. The van der Waals surface area contributed by atoms with Gasteiger partial charge in [-0.2, -0.15) is 0 Å². The molecule has 0 fully saturated rings. The molecular weight excluding hydrogens is 166 g/mol. The van der Waals surface area contributed by atoms with Crippen molar-refractivity contribution in [3.05, 3.63) is 42.2 Å². The fourth-order valence-electron chi connectivity index (χ4n) is 1.33. The average Bonchev–Trinajstić information content (AvgIpc) is 2.60. The molecule has 0 aliphatic carbocycles. The summed E-state index contributed by atoms with van der Waals surface area (Å²) in [6.07, 6.45) is 3.92.